The van der Waals surface area contributed by atoms with Gasteiger partial charge in [-0.3, -0.25) is 4.79 Å². The topological polar surface area (TPSA) is 104 Å². The van der Waals surface area contributed by atoms with Gasteiger partial charge in [0.2, 0.25) is 10.0 Å². The van der Waals surface area contributed by atoms with Gasteiger partial charge in [0.25, 0.3) is 5.91 Å². The second kappa shape index (κ2) is 9.17. The number of imidazole rings is 1. The number of H-pyrrole nitrogens is 1. The molecule has 1 aromatic heterocycles. The van der Waals surface area contributed by atoms with E-state index in [-0.39, 0.29) is 17.3 Å². The van der Waals surface area contributed by atoms with Crippen molar-refractivity contribution in [3.05, 3.63) is 108 Å². The van der Waals surface area contributed by atoms with E-state index in [1.807, 2.05) is 48.5 Å². The SMILES string of the molecule is C=CCNS(=O)(=O)c1ccc(C(=O)NC(c2ccccc2)c2ccc3nc[nH]c3c2)cc1. The highest BCUT2D eigenvalue weighted by molar-refractivity contribution is 7.89. The quantitative estimate of drug-likeness (QED) is 0.360. The van der Waals surface area contributed by atoms with Crippen molar-refractivity contribution in [2.75, 3.05) is 6.54 Å². The summed E-state index contributed by atoms with van der Waals surface area (Å²) < 4.78 is 26.9. The van der Waals surface area contributed by atoms with Crippen LogP contribution in [0.1, 0.15) is 27.5 Å². The fourth-order valence-corrected chi connectivity index (χ4v) is 4.39. The number of hydrogen-bond donors (Lipinski definition) is 3. The van der Waals surface area contributed by atoms with Crippen LogP contribution in [-0.4, -0.2) is 30.8 Å². The van der Waals surface area contributed by atoms with Gasteiger partial charge in [-0.15, -0.1) is 6.58 Å². The lowest BCUT2D eigenvalue weighted by Gasteiger charge is -2.20. The monoisotopic (exact) mass is 446 g/mol. The molecule has 4 aromatic rings. The molecule has 3 N–H and O–H groups in total. The molecule has 1 amide bonds. The summed E-state index contributed by atoms with van der Waals surface area (Å²) >= 11 is 0. The summed E-state index contributed by atoms with van der Waals surface area (Å²) in [5.41, 5.74) is 3.89. The molecule has 162 valence electrons. The number of benzene rings is 3. The van der Waals surface area contributed by atoms with Crippen LogP contribution >= 0.6 is 0 Å². The van der Waals surface area contributed by atoms with Gasteiger partial charge in [0, 0.05) is 12.1 Å². The lowest BCUT2D eigenvalue weighted by atomic mass is 9.97. The van der Waals surface area contributed by atoms with E-state index in [4.69, 9.17) is 0 Å². The molecule has 32 heavy (non-hydrogen) atoms. The Labute approximate surface area is 186 Å². The summed E-state index contributed by atoms with van der Waals surface area (Å²) in [6.07, 6.45) is 3.09. The first kappa shape index (κ1) is 21.5. The zero-order chi connectivity index (χ0) is 22.6. The van der Waals surface area contributed by atoms with Crippen molar-refractivity contribution in [1.29, 1.82) is 0 Å². The summed E-state index contributed by atoms with van der Waals surface area (Å²) in [4.78, 5) is 20.5. The minimum Gasteiger partial charge on any atom is -0.345 e. The molecule has 4 rings (SSSR count). The number of rotatable bonds is 8. The van der Waals surface area contributed by atoms with Crippen LogP contribution in [0.25, 0.3) is 11.0 Å². The van der Waals surface area contributed by atoms with Gasteiger partial charge in [0.1, 0.15) is 0 Å². The maximum absolute atomic E-state index is 13.0. The van der Waals surface area contributed by atoms with E-state index < -0.39 is 16.1 Å². The Morgan fingerprint density at radius 2 is 1.78 bits per heavy atom. The second-order valence-electron chi connectivity index (χ2n) is 7.16. The molecule has 0 spiro atoms. The molecule has 1 atom stereocenters. The normalized spacial score (nSPS) is 12.4. The highest BCUT2D eigenvalue weighted by atomic mass is 32.2. The Hall–Kier alpha value is -3.75. The second-order valence-corrected chi connectivity index (χ2v) is 8.93. The molecule has 0 aliphatic heterocycles. The fraction of sp³-hybridized carbons (Fsp3) is 0.0833. The Morgan fingerprint density at radius 1 is 1.03 bits per heavy atom. The van der Waals surface area contributed by atoms with E-state index in [1.165, 1.54) is 30.3 Å². The third-order valence-electron chi connectivity index (χ3n) is 5.03. The first-order valence-corrected chi connectivity index (χ1v) is 11.5. The van der Waals surface area contributed by atoms with E-state index >= 15 is 0 Å². The average Bonchev–Trinajstić information content (AvgIpc) is 3.30. The van der Waals surface area contributed by atoms with Crippen molar-refractivity contribution in [2.24, 2.45) is 0 Å². The number of fused-ring (bicyclic) bond motifs is 1. The lowest BCUT2D eigenvalue weighted by molar-refractivity contribution is 0.0943. The Balaban J connectivity index is 1.61. The highest BCUT2D eigenvalue weighted by Gasteiger charge is 2.19. The molecule has 0 fully saturated rings. The summed E-state index contributed by atoms with van der Waals surface area (Å²) in [5, 5.41) is 3.06. The van der Waals surface area contributed by atoms with Crippen LogP contribution in [-0.2, 0) is 10.0 Å². The maximum Gasteiger partial charge on any atom is 0.252 e. The van der Waals surface area contributed by atoms with E-state index in [2.05, 4.69) is 26.6 Å². The molecule has 0 saturated heterocycles. The predicted molar refractivity (Wildman–Crippen MR) is 124 cm³/mol. The molecule has 0 saturated carbocycles. The van der Waals surface area contributed by atoms with Crippen molar-refractivity contribution < 1.29 is 13.2 Å². The van der Waals surface area contributed by atoms with Gasteiger partial charge in [-0.05, 0) is 47.5 Å². The molecular formula is C24H22N4O3S. The predicted octanol–water partition coefficient (Wildman–Crippen LogP) is 3.55. The molecule has 8 heteroatoms. The fourth-order valence-electron chi connectivity index (χ4n) is 3.39. The van der Waals surface area contributed by atoms with Crippen molar-refractivity contribution in [3.63, 3.8) is 0 Å². The number of carbonyl (C=O) groups excluding carboxylic acids is 1. The van der Waals surface area contributed by atoms with Crippen molar-refractivity contribution in [2.45, 2.75) is 10.9 Å². The van der Waals surface area contributed by atoms with Gasteiger partial charge in [-0.1, -0.05) is 42.5 Å². The van der Waals surface area contributed by atoms with Gasteiger partial charge >= 0.3 is 0 Å². The van der Waals surface area contributed by atoms with E-state index in [0.717, 1.165) is 22.2 Å². The number of nitrogens with zero attached hydrogens (tertiary/aromatic N) is 1. The maximum atomic E-state index is 13.0. The first-order chi connectivity index (χ1) is 15.5. The van der Waals surface area contributed by atoms with Crippen molar-refractivity contribution in [3.8, 4) is 0 Å². The van der Waals surface area contributed by atoms with Crippen LogP contribution in [0.2, 0.25) is 0 Å². The van der Waals surface area contributed by atoms with Crippen LogP contribution in [0.4, 0.5) is 0 Å². The molecule has 1 unspecified atom stereocenters. The van der Waals surface area contributed by atoms with Crippen LogP contribution in [0.5, 0.6) is 0 Å². The highest BCUT2D eigenvalue weighted by Crippen LogP contribution is 2.25. The number of sulfonamides is 1. The van der Waals surface area contributed by atoms with Crippen molar-refractivity contribution >= 4 is 27.0 Å². The molecule has 1 heterocycles. The van der Waals surface area contributed by atoms with Crippen LogP contribution < -0.4 is 10.0 Å². The van der Waals surface area contributed by atoms with Gasteiger partial charge in [-0.25, -0.2) is 18.1 Å². The molecule has 0 aliphatic rings. The third kappa shape index (κ3) is 4.61. The Bertz CT molecular complexity index is 1350. The van der Waals surface area contributed by atoms with Crippen LogP contribution in [0.3, 0.4) is 0 Å². The molecule has 3 aromatic carbocycles. The minimum atomic E-state index is -3.65. The number of carbonyl (C=O) groups is 1. The van der Waals surface area contributed by atoms with Gasteiger partial charge in [0.15, 0.2) is 0 Å². The number of nitrogens with one attached hydrogen (secondary N) is 3. The van der Waals surface area contributed by atoms with Crippen LogP contribution in [0.15, 0.2) is 96.7 Å². The lowest BCUT2D eigenvalue weighted by Crippen LogP contribution is -2.29. The summed E-state index contributed by atoms with van der Waals surface area (Å²) in [5.74, 6) is -0.313. The number of amides is 1. The third-order valence-corrected chi connectivity index (χ3v) is 6.47. The molecular weight excluding hydrogens is 424 g/mol. The summed E-state index contributed by atoms with van der Waals surface area (Å²) in [6.45, 7) is 3.63. The first-order valence-electron chi connectivity index (χ1n) is 9.97. The van der Waals surface area contributed by atoms with E-state index in [9.17, 15) is 13.2 Å². The van der Waals surface area contributed by atoms with Gasteiger partial charge in [0.05, 0.1) is 28.3 Å². The van der Waals surface area contributed by atoms with Gasteiger partial charge < -0.3 is 10.3 Å². The Kier molecular flexibility index (Phi) is 6.16. The van der Waals surface area contributed by atoms with Crippen LogP contribution in [0, 0.1) is 0 Å². The summed E-state index contributed by atoms with van der Waals surface area (Å²) in [7, 11) is -3.65. The van der Waals surface area contributed by atoms with E-state index in [1.54, 1.807) is 6.33 Å². The number of hydrogen-bond acceptors (Lipinski definition) is 4. The molecule has 0 aliphatic carbocycles. The largest absolute Gasteiger partial charge is 0.345 e. The van der Waals surface area contributed by atoms with Crippen molar-refractivity contribution in [1.82, 2.24) is 20.0 Å². The minimum absolute atomic E-state index is 0.0835. The molecule has 0 bridgehead atoms. The Morgan fingerprint density at radius 3 is 2.50 bits per heavy atom. The smallest absolute Gasteiger partial charge is 0.252 e. The molecule has 7 nitrogen and oxygen atoms in total. The van der Waals surface area contributed by atoms with E-state index in [0.29, 0.717) is 5.56 Å². The molecule has 0 radical (unpaired) electrons. The standard InChI is InChI=1S/C24H22N4O3S/c1-2-14-27-32(30,31)20-11-8-18(9-12-20)24(29)28-23(17-6-4-3-5-7-17)19-10-13-21-22(15-19)26-16-25-21/h2-13,15-16,23,27H,1,14H2,(H,25,26)(H,28,29). The number of aromatic nitrogens is 2. The number of aromatic amines is 1. The average molecular weight is 447 g/mol. The van der Waals surface area contributed by atoms with Gasteiger partial charge in [-0.2, -0.15) is 0 Å². The summed E-state index contributed by atoms with van der Waals surface area (Å²) in [6, 6.07) is 20.9. The zero-order valence-corrected chi connectivity index (χ0v) is 18.0. The zero-order valence-electron chi connectivity index (χ0n) is 17.2.